The van der Waals surface area contributed by atoms with Gasteiger partial charge in [0, 0.05) is 0 Å². The summed E-state index contributed by atoms with van der Waals surface area (Å²) in [7, 11) is -8.62. The Kier molecular flexibility index (Phi) is 14.5. The van der Waals surface area contributed by atoms with Gasteiger partial charge in [-0.2, -0.15) is 0 Å². The van der Waals surface area contributed by atoms with Gasteiger partial charge in [0.05, 0.1) is 0 Å². The Balaban J connectivity index is 3.68. The molecule has 0 rings (SSSR count). The van der Waals surface area contributed by atoms with Gasteiger partial charge >= 0.3 is 15.2 Å². The Morgan fingerprint density at radius 1 is 0.600 bits per heavy atom. The predicted molar refractivity (Wildman–Crippen MR) is 102 cm³/mol. The molecule has 0 aliphatic heterocycles. The lowest BCUT2D eigenvalue weighted by atomic mass is 10.1. The Bertz CT molecular complexity index is 385. The second-order valence-corrected chi connectivity index (χ2v) is 10.1. The van der Waals surface area contributed by atoms with Crippen LogP contribution >= 0.6 is 15.2 Å². The monoisotopic (exact) mass is 401 g/mol. The van der Waals surface area contributed by atoms with Crippen molar-refractivity contribution in [1.29, 1.82) is 0 Å². The SMILES string of the molecule is CCCCCCCCCCCCCCN(CP(=O)(O)O)CP(=O)(O)O. The van der Waals surface area contributed by atoms with E-state index in [0.29, 0.717) is 13.0 Å². The summed E-state index contributed by atoms with van der Waals surface area (Å²) in [6, 6.07) is 0. The molecular weight excluding hydrogens is 364 g/mol. The first-order valence-electron chi connectivity index (χ1n) is 9.45. The molecule has 152 valence electrons. The molecule has 9 heteroatoms. The first-order chi connectivity index (χ1) is 11.6. The Morgan fingerprint density at radius 3 is 1.24 bits per heavy atom. The molecule has 0 atom stereocenters. The van der Waals surface area contributed by atoms with E-state index >= 15 is 0 Å². The summed E-state index contributed by atoms with van der Waals surface area (Å²) in [5.74, 6) is 0. The average molecular weight is 401 g/mol. The topological polar surface area (TPSA) is 118 Å². The van der Waals surface area contributed by atoms with Crippen molar-refractivity contribution < 1.29 is 28.7 Å². The Labute approximate surface area is 152 Å². The maximum Gasteiger partial charge on any atom is 0.339 e. The third-order valence-electron chi connectivity index (χ3n) is 4.10. The molecule has 0 saturated carbocycles. The summed E-state index contributed by atoms with van der Waals surface area (Å²) in [4.78, 5) is 37.1. The van der Waals surface area contributed by atoms with Crippen molar-refractivity contribution in [2.24, 2.45) is 0 Å². The predicted octanol–water partition coefficient (Wildman–Crippen LogP) is 4.26. The van der Waals surface area contributed by atoms with Crippen LogP contribution in [0, 0.1) is 0 Å². The van der Waals surface area contributed by atoms with Gasteiger partial charge in [-0.3, -0.25) is 14.0 Å². The molecule has 0 unspecified atom stereocenters. The number of rotatable bonds is 17. The molecule has 0 radical (unpaired) electrons. The van der Waals surface area contributed by atoms with Gasteiger partial charge in [-0.1, -0.05) is 77.6 Å². The summed E-state index contributed by atoms with van der Waals surface area (Å²) in [6.45, 7) is 2.52. The first-order valence-corrected chi connectivity index (χ1v) is 13.0. The standard InChI is InChI=1S/C16H37NO6P2/c1-2-3-4-5-6-7-8-9-10-11-12-13-14-17(15-24(18,19)20)16-25(21,22)23/h2-16H2,1H3,(H2,18,19,20)(H2,21,22,23). The highest BCUT2D eigenvalue weighted by molar-refractivity contribution is 7.52. The van der Waals surface area contributed by atoms with Crippen LogP contribution in [0.15, 0.2) is 0 Å². The second kappa shape index (κ2) is 14.3. The van der Waals surface area contributed by atoms with Gasteiger partial charge in [0.15, 0.2) is 0 Å². The van der Waals surface area contributed by atoms with Crippen molar-refractivity contribution in [1.82, 2.24) is 4.90 Å². The highest BCUT2D eigenvalue weighted by Gasteiger charge is 2.25. The summed E-state index contributed by atoms with van der Waals surface area (Å²) >= 11 is 0. The van der Waals surface area contributed by atoms with E-state index in [4.69, 9.17) is 19.6 Å². The van der Waals surface area contributed by atoms with E-state index in [1.807, 2.05) is 0 Å². The lowest BCUT2D eigenvalue weighted by Gasteiger charge is -2.22. The van der Waals surface area contributed by atoms with Crippen LogP contribution in [0.2, 0.25) is 0 Å². The molecule has 0 fully saturated rings. The van der Waals surface area contributed by atoms with Crippen molar-refractivity contribution in [2.45, 2.75) is 84.0 Å². The van der Waals surface area contributed by atoms with Crippen molar-refractivity contribution in [2.75, 3.05) is 19.1 Å². The van der Waals surface area contributed by atoms with Crippen molar-refractivity contribution in [3.63, 3.8) is 0 Å². The molecule has 0 bridgehead atoms. The fourth-order valence-electron chi connectivity index (χ4n) is 2.88. The molecule has 0 aliphatic carbocycles. The molecule has 0 amide bonds. The van der Waals surface area contributed by atoms with E-state index in [1.165, 1.54) is 56.3 Å². The Morgan fingerprint density at radius 2 is 0.920 bits per heavy atom. The van der Waals surface area contributed by atoms with E-state index in [1.54, 1.807) is 0 Å². The van der Waals surface area contributed by atoms with E-state index < -0.39 is 27.8 Å². The van der Waals surface area contributed by atoms with Gasteiger partial charge in [0.25, 0.3) is 0 Å². The minimum Gasteiger partial charge on any atom is -0.324 e. The fourth-order valence-corrected chi connectivity index (χ4v) is 4.57. The molecule has 25 heavy (non-hydrogen) atoms. The van der Waals surface area contributed by atoms with Gasteiger partial charge in [-0.25, -0.2) is 0 Å². The number of nitrogens with zero attached hydrogens (tertiary/aromatic N) is 1. The molecule has 0 aromatic heterocycles. The molecule has 0 aliphatic rings. The smallest absolute Gasteiger partial charge is 0.324 e. The van der Waals surface area contributed by atoms with Crippen LogP contribution in [0.25, 0.3) is 0 Å². The lowest BCUT2D eigenvalue weighted by molar-refractivity contribution is 0.273. The van der Waals surface area contributed by atoms with Crippen LogP contribution in [0.1, 0.15) is 84.0 Å². The number of unbranched alkanes of at least 4 members (excludes halogenated alkanes) is 11. The van der Waals surface area contributed by atoms with Crippen molar-refractivity contribution in [3.8, 4) is 0 Å². The zero-order valence-corrected chi connectivity index (χ0v) is 17.3. The van der Waals surface area contributed by atoms with Crippen LogP contribution in [-0.2, 0) is 9.13 Å². The van der Waals surface area contributed by atoms with Crippen molar-refractivity contribution in [3.05, 3.63) is 0 Å². The van der Waals surface area contributed by atoms with Crippen molar-refractivity contribution >= 4 is 15.2 Å². The van der Waals surface area contributed by atoms with Crippen LogP contribution in [0.3, 0.4) is 0 Å². The van der Waals surface area contributed by atoms with Gasteiger partial charge in [-0.15, -0.1) is 0 Å². The van der Waals surface area contributed by atoms with E-state index in [-0.39, 0.29) is 0 Å². The minimum atomic E-state index is -4.31. The second-order valence-electron chi connectivity index (χ2n) is 6.90. The summed E-state index contributed by atoms with van der Waals surface area (Å²) in [5.41, 5.74) is 0. The maximum atomic E-state index is 11.0. The van der Waals surface area contributed by atoms with Gasteiger partial charge < -0.3 is 19.6 Å². The molecule has 0 saturated heterocycles. The molecule has 7 nitrogen and oxygen atoms in total. The van der Waals surface area contributed by atoms with Crippen LogP contribution < -0.4 is 0 Å². The Hall–Kier alpha value is 0.260. The minimum absolute atomic E-state index is 0.299. The van der Waals surface area contributed by atoms with E-state index in [9.17, 15) is 9.13 Å². The van der Waals surface area contributed by atoms with Crippen LogP contribution in [-0.4, -0.2) is 43.6 Å². The third-order valence-corrected chi connectivity index (χ3v) is 5.63. The zero-order valence-electron chi connectivity index (χ0n) is 15.6. The van der Waals surface area contributed by atoms with Gasteiger partial charge in [0.1, 0.15) is 12.6 Å². The summed E-state index contributed by atoms with van der Waals surface area (Å²) in [6.07, 6.45) is 13.0. The molecule has 0 spiro atoms. The normalized spacial score (nSPS) is 12.9. The first kappa shape index (κ1) is 25.3. The molecular formula is C16H37NO6P2. The fraction of sp³-hybridized carbons (Fsp3) is 1.00. The highest BCUT2D eigenvalue weighted by Crippen LogP contribution is 2.40. The van der Waals surface area contributed by atoms with E-state index in [0.717, 1.165) is 19.3 Å². The third kappa shape index (κ3) is 20.4. The van der Waals surface area contributed by atoms with Gasteiger partial charge in [0.2, 0.25) is 0 Å². The maximum absolute atomic E-state index is 11.0. The number of hydrogen-bond donors (Lipinski definition) is 4. The number of hydrogen-bond acceptors (Lipinski definition) is 3. The molecule has 0 aromatic carbocycles. The molecule has 4 N–H and O–H groups in total. The largest absolute Gasteiger partial charge is 0.339 e. The quantitative estimate of drug-likeness (QED) is 0.212. The van der Waals surface area contributed by atoms with Crippen LogP contribution in [0.4, 0.5) is 0 Å². The summed E-state index contributed by atoms with van der Waals surface area (Å²) < 4.78 is 22.1. The van der Waals surface area contributed by atoms with Crippen LogP contribution in [0.5, 0.6) is 0 Å². The summed E-state index contributed by atoms with van der Waals surface area (Å²) in [5, 5.41) is 0. The van der Waals surface area contributed by atoms with E-state index in [2.05, 4.69) is 6.92 Å². The highest BCUT2D eigenvalue weighted by atomic mass is 31.2. The molecule has 0 aromatic rings. The molecule has 0 heterocycles. The average Bonchev–Trinajstić information content (AvgIpc) is 2.45. The lowest BCUT2D eigenvalue weighted by Crippen LogP contribution is -2.27. The zero-order chi connectivity index (χ0) is 19.2. The van der Waals surface area contributed by atoms with Gasteiger partial charge in [-0.05, 0) is 13.0 Å².